The average Bonchev–Trinajstić information content (AvgIpc) is 2.30. The van der Waals surface area contributed by atoms with Gasteiger partial charge in [-0.3, -0.25) is 9.90 Å². The fourth-order valence-corrected chi connectivity index (χ4v) is 1.85. The molecule has 0 spiro atoms. The molecule has 0 saturated carbocycles. The first-order chi connectivity index (χ1) is 7.28. The molecule has 3 heteroatoms. The molecule has 15 heavy (non-hydrogen) atoms. The molecule has 3 nitrogen and oxygen atoms in total. The molecule has 0 N–H and O–H groups in total. The summed E-state index contributed by atoms with van der Waals surface area (Å²) < 4.78 is 0. The predicted molar refractivity (Wildman–Crippen MR) is 59.6 cm³/mol. The zero-order valence-corrected chi connectivity index (χ0v) is 9.49. The van der Waals surface area contributed by atoms with E-state index in [1.54, 1.807) is 12.2 Å². The first-order valence-electron chi connectivity index (χ1n) is 5.23. The van der Waals surface area contributed by atoms with E-state index in [1.807, 2.05) is 31.1 Å². The van der Waals surface area contributed by atoms with Gasteiger partial charge in [0.05, 0.1) is 7.11 Å². The third-order valence-corrected chi connectivity index (χ3v) is 2.60. The highest BCUT2D eigenvalue weighted by Crippen LogP contribution is 2.29. The Labute approximate surface area is 90.7 Å². The monoisotopic (exact) mass is 207 g/mol. The van der Waals surface area contributed by atoms with Crippen LogP contribution in [-0.4, -0.2) is 24.7 Å². The van der Waals surface area contributed by atoms with Crippen LogP contribution in [0.3, 0.4) is 0 Å². The standard InChI is InChI=1S/C12H17NO2/c1-4-11-10(9-14)7-6-8-12(11)13(5-2)15-3/h6-8,11H,4-5H2,1-3H3. The number of nitrogens with zero attached hydrogens (tertiary/aromatic N) is 1. The quantitative estimate of drug-likeness (QED) is 0.522. The van der Waals surface area contributed by atoms with Crippen LogP contribution in [0.5, 0.6) is 0 Å². The Morgan fingerprint density at radius 2 is 2.27 bits per heavy atom. The summed E-state index contributed by atoms with van der Waals surface area (Å²) in [6.45, 7) is 4.83. The van der Waals surface area contributed by atoms with E-state index < -0.39 is 0 Å². The van der Waals surface area contributed by atoms with Crippen LogP contribution in [0.1, 0.15) is 20.3 Å². The predicted octanol–water partition coefficient (Wildman–Crippen LogP) is 2.11. The topological polar surface area (TPSA) is 29.5 Å². The highest BCUT2D eigenvalue weighted by molar-refractivity contribution is 5.61. The maximum Gasteiger partial charge on any atom is 0.128 e. The molecule has 1 aliphatic carbocycles. The van der Waals surface area contributed by atoms with Gasteiger partial charge in [0.1, 0.15) is 5.94 Å². The van der Waals surface area contributed by atoms with Gasteiger partial charge < -0.3 is 0 Å². The molecule has 0 bridgehead atoms. The fraction of sp³-hybridized carbons (Fsp3) is 0.500. The summed E-state index contributed by atoms with van der Waals surface area (Å²) in [4.78, 5) is 16.0. The summed E-state index contributed by atoms with van der Waals surface area (Å²) in [6.07, 6.45) is 6.54. The van der Waals surface area contributed by atoms with Crippen molar-refractivity contribution in [2.45, 2.75) is 20.3 Å². The lowest BCUT2D eigenvalue weighted by Gasteiger charge is -2.30. The van der Waals surface area contributed by atoms with Crippen LogP contribution in [0, 0.1) is 5.92 Å². The lowest BCUT2D eigenvalue weighted by molar-refractivity contribution is -0.103. The molecule has 0 aromatic heterocycles. The Kier molecular flexibility index (Phi) is 4.35. The smallest absolute Gasteiger partial charge is 0.128 e. The van der Waals surface area contributed by atoms with E-state index in [4.69, 9.17) is 4.84 Å². The molecular formula is C12H17NO2. The lowest BCUT2D eigenvalue weighted by atomic mass is 9.90. The second-order valence-corrected chi connectivity index (χ2v) is 3.35. The maximum atomic E-state index is 10.8. The molecular weight excluding hydrogens is 190 g/mol. The first kappa shape index (κ1) is 11.8. The van der Waals surface area contributed by atoms with E-state index >= 15 is 0 Å². The second kappa shape index (κ2) is 5.54. The van der Waals surface area contributed by atoms with Crippen molar-refractivity contribution in [3.8, 4) is 0 Å². The molecule has 1 aliphatic rings. The van der Waals surface area contributed by atoms with Gasteiger partial charge in [-0.1, -0.05) is 13.0 Å². The van der Waals surface area contributed by atoms with Crippen molar-refractivity contribution in [2.75, 3.05) is 13.7 Å². The Hall–Kier alpha value is -1.31. The molecule has 0 aliphatic heterocycles. The third kappa shape index (κ3) is 2.38. The van der Waals surface area contributed by atoms with Crippen LogP contribution in [0.15, 0.2) is 29.5 Å². The van der Waals surface area contributed by atoms with Crippen molar-refractivity contribution in [3.05, 3.63) is 29.5 Å². The highest BCUT2D eigenvalue weighted by Gasteiger charge is 2.23. The number of carbonyl (C=O) groups excluding carboxylic acids is 1. The van der Waals surface area contributed by atoms with Gasteiger partial charge in [0.2, 0.25) is 0 Å². The van der Waals surface area contributed by atoms with Gasteiger partial charge >= 0.3 is 0 Å². The van der Waals surface area contributed by atoms with E-state index in [0.29, 0.717) is 5.57 Å². The molecule has 0 radical (unpaired) electrons. The van der Waals surface area contributed by atoms with E-state index in [9.17, 15) is 4.79 Å². The Morgan fingerprint density at radius 1 is 1.53 bits per heavy atom. The van der Waals surface area contributed by atoms with Crippen LogP contribution >= 0.6 is 0 Å². The van der Waals surface area contributed by atoms with Crippen LogP contribution in [0.2, 0.25) is 0 Å². The summed E-state index contributed by atoms with van der Waals surface area (Å²) in [5, 5.41) is 1.80. The Bertz CT molecular complexity index is 321. The lowest BCUT2D eigenvalue weighted by Crippen LogP contribution is -2.28. The van der Waals surface area contributed by atoms with Gasteiger partial charge in [0.15, 0.2) is 0 Å². The molecule has 0 fully saturated rings. The number of allylic oxidation sites excluding steroid dienone is 4. The first-order valence-corrected chi connectivity index (χ1v) is 5.23. The van der Waals surface area contributed by atoms with Crippen LogP contribution in [0.4, 0.5) is 0 Å². The van der Waals surface area contributed by atoms with Gasteiger partial charge in [0.25, 0.3) is 0 Å². The highest BCUT2D eigenvalue weighted by atomic mass is 16.7. The number of rotatable bonds is 4. The Balaban J connectivity index is 3.00. The molecule has 0 amide bonds. The minimum atomic E-state index is 0.104. The molecule has 1 atom stereocenters. The number of hydrogen-bond donors (Lipinski definition) is 0. The average molecular weight is 207 g/mol. The molecule has 1 rings (SSSR count). The zero-order chi connectivity index (χ0) is 11.3. The minimum Gasteiger partial charge on any atom is -0.277 e. The van der Waals surface area contributed by atoms with Gasteiger partial charge in [-0.25, -0.2) is 4.79 Å². The fourth-order valence-electron chi connectivity index (χ4n) is 1.85. The van der Waals surface area contributed by atoms with E-state index in [2.05, 4.69) is 6.92 Å². The van der Waals surface area contributed by atoms with Crippen molar-refractivity contribution >= 4 is 5.94 Å². The van der Waals surface area contributed by atoms with E-state index in [-0.39, 0.29) is 5.92 Å². The second-order valence-electron chi connectivity index (χ2n) is 3.35. The van der Waals surface area contributed by atoms with Gasteiger partial charge in [-0.2, -0.15) is 0 Å². The summed E-state index contributed by atoms with van der Waals surface area (Å²) in [6, 6.07) is 0. The Morgan fingerprint density at radius 3 is 2.73 bits per heavy atom. The third-order valence-electron chi connectivity index (χ3n) is 2.60. The number of hydroxylamine groups is 2. The van der Waals surface area contributed by atoms with Crippen molar-refractivity contribution in [3.63, 3.8) is 0 Å². The van der Waals surface area contributed by atoms with Crippen molar-refractivity contribution < 1.29 is 9.63 Å². The molecule has 0 aromatic carbocycles. The van der Waals surface area contributed by atoms with E-state index in [0.717, 1.165) is 18.7 Å². The summed E-state index contributed by atoms with van der Waals surface area (Å²) in [5.41, 5.74) is 1.73. The maximum absolute atomic E-state index is 10.8. The summed E-state index contributed by atoms with van der Waals surface area (Å²) in [7, 11) is 1.64. The number of hydrogen-bond acceptors (Lipinski definition) is 3. The van der Waals surface area contributed by atoms with Gasteiger partial charge in [-0.05, 0) is 25.5 Å². The van der Waals surface area contributed by atoms with Gasteiger partial charge in [-0.15, -0.1) is 0 Å². The SMILES string of the molecule is CCC1C(=C=O)C=CC=C1N(CC)OC. The summed E-state index contributed by atoms with van der Waals surface area (Å²) in [5.74, 6) is 2.10. The van der Waals surface area contributed by atoms with Crippen molar-refractivity contribution in [1.82, 2.24) is 5.06 Å². The largest absolute Gasteiger partial charge is 0.277 e. The normalized spacial score (nSPS) is 19.8. The van der Waals surface area contributed by atoms with Crippen LogP contribution in [-0.2, 0) is 9.63 Å². The minimum absolute atomic E-state index is 0.104. The molecule has 82 valence electrons. The van der Waals surface area contributed by atoms with Crippen molar-refractivity contribution in [1.29, 1.82) is 0 Å². The van der Waals surface area contributed by atoms with E-state index in [1.165, 1.54) is 0 Å². The summed E-state index contributed by atoms with van der Waals surface area (Å²) >= 11 is 0. The van der Waals surface area contributed by atoms with Crippen LogP contribution < -0.4 is 0 Å². The van der Waals surface area contributed by atoms with Gasteiger partial charge in [0, 0.05) is 23.7 Å². The zero-order valence-electron chi connectivity index (χ0n) is 9.49. The molecule has 1 unspecified atom stereocenters. The molecule has 0 saturated heterocycles. The van der Waals surface area contributed by atoms with Crippen LogP contribution in [0.25, 0.3) is 0 Å². The molecule has 0 aromatic rings. The molecule has 0 heterocycles. The van der Waals surface area contributed by atoms with Crippen molar-refractivity contribution in [2.24, 2.45) is 5.92 Å².